The van der Waals surface area contributed by atoms with Gasteiger partial charge in [0.1, 0.15) is 17.0 Å². The SMILES string of the molecule is Cn1cc2c(n1)-c1nc(c(NC(=O)OC(C)(C)C)cc1C(F)(F)F)-c1nnc(o1)C(O)(C(F)(F)F)CCCCC2. The number of aromatic nitrogens is 5. The number of carbonyl (C=O) groups is 1. The smallest absolute Gasteiger partial charge is 0.426 e. The Hall–Kier alpha value is -3.69. The second-order valence-electron chi connectivity index (χ2n) is 10.4. The van der Waals surface area contributed by atoms with E-state index < -0.39 is 70.5 Å². The van der Waals surface area contributed by atoms with Gasteiger partial charge < -0.3 is 14.3 Å². The van der Waals surface area contributed by atoms with E-state index in [0.29, 0.717) is 11.6 Å². The van der Waals surface area contributed by atoms with Gasteiger partial charge in [0.15, 0.2) is 5.69 Å². The Balaban J connectivity index is 2.00. The average Bonchev–Trinajstić information content (AvgIpc) is 3.42. The van der Waals surface area contributed by atoms with Crippen molar-refractivity contribution in [1.82, 2.24) is 25.0 Å². The highest BCUT2D eigenvalue weighted by Gasteiger charge is 2.58. The predicted octanol–water partition coefficient (Wildman–Crippen LogP) is 5.76. The first-order valence-corrected chi connectivity index (χ1v) is 12.2. The number of aliphatic hydroxyl groups is 1. The Morgan fingerprint density at radius 1 is 1.07 bits per heavy atom. The molecule has 3 aromatic rings. The Morgan fingerprint density at radius 2 is 1.77 bits per heavy atom. The number of fused-ring (bicyclic) bond motifs is 7. The molecule has 0 radical (unpaired) electrons. The third-order valence-electron chi connectivity index (χ3n) is 6.03. The second kappa shape index (κ2) is 10.1. The molecule has 4 bridgehead atoms. The number of alkyl halides is 6. The predicted molar refractivity (Wildman–Crippen MR) is 127 cm³/mol. The minimum atomic E-state index is -5.21. The highest BCUT2D eigenvalue weighted by atomic mass is 19.4. The van der Waals surface area contributed by atoms with Gasteiger partial charge in [-0.1, -0.05) is 6.42 Å². The van der Waals surface area contributed by atoms with Crippen LogP contribution in [0.3, 0.4) is 0 Å². The van der Waals surface area contributed by atoms with E-state index in [-0.39, 0.29) is 31.4 Å². The molecule has 0 aromatic carbocycles. The van der Waals surface area contributed by atoms with Crippen molar-refractivity contribution >= 4 is 11.8 Å². The summed E-state index contributed by atoms with van der Waals surface area (Å²) in [6.07, 6.45) is -10.1. The molecule has 4 rings (SSSR count). The maximum atomic E-state index is 14.3. The minimum Gasteiger partial charge on any atom is -0.444 e. The van der Waals surface area contributed by atoms with Crippen LogP contribution < -0.4 is 5.32 Å². The number of amides is 1. The molecule has 1 unspecified atom stereocenters. The highest BCUT2D eigenvalue weighted by Crippen LogP contribution is 2.45. The quantitative estimate of drug-likeness (QED) is 0.350. The van der Waals surface area contributed by atoms with E-state index in [1.807, 2.05) is 0 Å². The average molecular weight is 576 g/mol. The van der Waals surface area contributed by atoms with Crippen molar-refractivity contribution in [3.8, 4) is 23.0 Å². The van der Waals surface area contributed by atoms with Gasteiger partial charge in [0.25, 0.3) is 11.8 Å². The first-order valence-electron chi connectivity index (χ1n) is 12.2. The molecule has 4 heterocycles. The molecule has 3 aromatic heterocycles. The number of hydrogen-bond acceptors (Lipinski definition) is 8. The molecule has 2 N–H and O–H groups in total. The molecule has 1 aliphatic heterocycles. The molecule has 1 aliphatic rings. The molecule has 218 valence electrons. The first-order chi connectivity index (χ1) is 18.4. The number of nitrogens with one attached hydrogen (secondary N) is 1. The number of anilines is 1. The molecule has 16 heteroatoms. The molecular formula is C24H26F6N6O4. The number of nitrogens with zero attached hydrogens (tertiary/aromatic N) is 5. The zero-order valence-electron chi connectivity index (χ0n) is 21.9. The second-order valence-corrected chi connectivity index (χ2v) is 10.4. The van der Waals surface area contributed by atoms with Gasteiger partial charge >= 0.3 is 18.4 Å². The van der Waals surface area contributed by atoms with Crippen LogP contribution in [0, 0.1) is 0 Å². The molecular weight excluding hydrogens is 550 g/mol. The Labute approximate surface area is 223 Å². The Kier molecular flexibility index (Phi) is 7.36. The highest BCUT2D eigenvalue weighted by molar-refractivity contribution is 5.90. The molecule has 0 saturated carbocycles. The van der Waals surface area contributed by atoms with Crippen LogP contribution in [-0.4, -0.2) is 47.9 Å². The van der Waals surface area contributed by atoms with Gasteiger partial charge in [0.2, 0.25) is 5.60 Å². The summed E-state index contributed by atoms with van der Waals surface area (Å²) in [5, 5.41) is 23.8. The van der Waals surface area contributed by atoms with Gasteiger partial charge in [-0.15, -0.1) is 10.2 Å². The maximum Gasteiger partial charge on any atom is 0.426 e. The van der Waals surface area contributed by atoms with Gasteiger partial charge in [-0.05, 0) is 58.1 Å². The lowest BCUT2D eigenvalue weighted by molar-refractivity contribution is -0.277. The third kappa shape index (κ3) is 5.90. The maximum absolute atomic E-state index is 14.3. The number of carbonyl (C=O) groups excluding carboxylic acids is 1. The van der Waals surface area contributed by atoms with Crippen LogP contribution in [0.1, 0.15) is 63.5 Å². The fourth-order valence-electron chi connectivity index (χ4n) is 4.23. The lowest BCUT2D eigenvalue weighted by Crippen LogP contribution is -2.42. The van der Waals surface area contributed by atoms with Crippen molar-refractivity contribution in [3.05, 3.63) is 29.3 Å². The van der Waals surface area contributed by atoms with E-state index in [2.05, 4.69) is 25.6 Å². The van der Waals surface area contributed by atoms with Crippen molar-refractivity contribution in [2.75, 3.05) is 5.32 Å². The largest absolute Gasteiger partial charge is 0.444 e. The van der Waals surface area contributed by atoms with E-state index in [9.17, 15) is 36.2 Å². The Morgan fingerprint density at radius 3 is 2.40 bits per heavy atom. The molecule has 0 aliphatic carbocycles. The number of rotatable bonds is 1. The molecule has 0 saturated heterocycles. The van der Waals surface area contributed by atoms with Crippen LogP contribution >= 0.6 is 0 Å². The van der Waals surface area contributed by atoms with Gasteiger partial charge in [0.05, 0.1) is 11.3 Å². The lowest BCUT2D eigenvalue weighted by atomic mass is 9.94. The number of pyridine rings is 1. The van der Waals surface area contributed by atoms with Crippen LogP contribution in [0.25, 0.3) is 23.0 Å². The van der Waals surface area contributed by atoms with E-state index in [1.165, 1.54) is 38.7 Å². The van der Waals surface area contributed by atoms with Crippen LogP contribution in [0.15, 0.2) is 16.7 Å². The van der Waals surface area contributed by atoms with Crippen molar-refractivity contribution in [2.24, 2.45) is 7.05 Å². The number of halogens is 6. The standard InChI is InChI=1S/C24H26F6N6O4/c1-21(2,3)40-20(37)31-14-10-13(23(25,26)27)16-15-12(11-36(4)35-15)8-6-5-7-9-22(38,24(28,29)30)19-34-33-18(39-19)17(14)32-16/h10-11,38H,5-9H2,1-4H3,(H,31,37). The summed E-state index contributed by atoms with van der Waals surface area (Å²) < 4.78 is 96.5. The number of aryl methyl sites for hydroxylation is 2. The fourth-order valence-corrected chi connectivity index (χ4v) is 4.23. The molecule has 10 nitrogen and oxygen atoms in total. The fraction of sp³-hybridized carbons (Fsp3) is 0.542. The lowest BCUT2D eigenvalue weighted by Gasteiger charge is -2.27. The van der Waals surface area contributed by atoms with Crippen LogP contribution in [0.5, 0.6) is 0 Å². The molecule has 1 atom stereocenters. The molecule has 0 fully saturated rings. The van der Waals surface area contributed by atoms with E-state index in [0.717, 1.165) is 0 Å². The minimum absolute atomic E-state index is 0.105. The number of ether oxygens (including phenoxy) is 1. The first kappa shape index (κ1) is 29.3. The zero-order chi connectivity index (χ0) is 29.7. The summed E-state index contributed by atoms with van der Waals surface area (Å²) in [7, 11) is 1.50. The van der Waals surface area contributed by atoms with Crippen molar-refractivity contribution < 1.29 is 45.4 Å². The topological polar surface area (TPSA) is 128 Å². The molecule has 1 amide bonds. The van der Waals surface area contributed by atoms with E-state index >= 15 is 0 Å². The van der Waals surface area contributed by atoms with Crippen LogP contribution in [0.4, 0.5) is 36.8 Å². The summed E-state index contributed by atoms with van der Waals surface area (Å²) in [6.45, 7) is 4.56. The van der Waals surface area contributed by atoms with Gasteiger partial charge in [0, 0.05) is 13.2 Å². The Bertz CT molecular complexity index is 1410. The van der Waals surface area contributed by atoms with Gasteiger partial charge in [-0.3, -0.25) is 10.00 Å². The van der Waals surface area contributed by atoms with Crippen molar-refractivity contribution in [1.29, 1.82) is 0 Å². The molecule has 40 heavy (non-hydrogen) atoms. The van der Waals surface area contributed by atoms with Gasteiger partial charge in [-0.2, -0.15) is 31.4 Å². The monoisotopic (exact) mass is 576 g/mol. The number of hydrogen-bond donors (Lipinski definition) is 2. The summed E-state index contributed by atoms with van der Waals surface area (Å²) in [5.41, 5.74) is -7.43. The molecule has 0 spiro atoms. The van der Waals surface area contributed by atoms with E-state index in [1.54, 1.807) is 0 Å². The zero-order valence-corrected chi connectivity index (χ0v) is 21.9. The summed E-state index contributed by atoms with van der Waals surface area (Å²) >= 11 is 0. The van der Waals surface area contributed by atoms with E-state index in [4.69, 9.17) is 9.15 Å². The summed E-state index contributed by atoms with van der Waals surface area (Å²) in [5.74, 6) is -1.98. The normalized spacial score (nSPS) is 18.6. The van der Waals surface area contributed by atoms with Crippen LogP contribution in [-0.2, 0) is 30.0 Å². The third-order valence-corrected chi connectivity index (χ3v) is 6.03. The van der Waals surface area contributed by atoms with Crippen LogP contribution in [0.2, 0.25) is 0 Å². The van der Waals surface area contributed by atoms with Gasteiger partial charge in [-0.25, -0.2) is 9.78 Å². The van der Waals surface area contributed by atoms with Crippen molar-refractivity contribution in [3.63, 3.8) is 0 Å². The summed E-state index contributed by atoms with van der Waals surface area (Å²) in [6, 6.07) is 0.547. The van der Waals surface area contributed by atoms with Crippen molar-refractivity contribution in [2.45, 2.75) is 76.4 Å². The summed E-state index contributed by atoms with van der Waals surface area (Å²) in [4.78, 5) is 16.6.